The van der Waals surface area contributed by atoms with Gasteiger partial charge in [-0.25, -0.2) is 4.39 Å². The maximum atomic E-state index is 14.1. The summed E-state index contributed by atoms with van der Waals surface area (Å²) in [5.41, 5.74) is 0.767. The zero-order valence-corrected chi connectivity index (χ0v) is 14.8. The summed E-state index contributed by atoms with van der Waals surface area (Å²) in [4.78, 5) is 12.3. The minimum atomic E-state index is -0.355. The molecule has 0 radical (unpaired) electrons. The summed E-state index contributed by atoms with van der Waals surface area (Å²) in [5, 5.41) is 6.25. The molecule has 134 valence electrons. The lowest BCUT2D eigenvalue weighted by molar-refractivity contribution is -0.126. The molecule has 0 spiro atoms. The second-order valence-corrected chi connectivity index (χ2v) is 6.70. The van der Waals surface area contributed by atoms with Gasteiger partial charge < -0.3 is 15.4 Å². The lowest BCUT2D eigenvalue weighted by Gasteiger charge is -2.24. The third-order valence-corrected chi connectivity index (χ3v) is 4.70. The molecular weight excluding hydrogens is 331 g/mol. The molecule has 2 fully saturated rings. The van der Waals surface area contributed by atoms with E-state index >= 15 is 0 Å². The topological polar surface area (TPSA) is 50.4 Å². The van der Waals surface area contributed by atoms with Crippen LogP contribution >= 0.6 is 12.4 Å². The number of benzene rings is 1. The van der Waals surface area contributed by atoms with Gasteiger partial charge in [-0.3, -0.25) is 4.79 Å². The Morgan fingerprint density at radius 1 is 1.33 bits per heavy atom. The predicted octanol–water partition coefficient (Wildman–Crippen LogP) is 3.21. The lowest BCUT2D eigenvalue weighted by atomic mass is 9.96. The smallest absolute Gasteiger partial charge is 0.223 e. The van der Waals surface area contributed by atoms with Crippen LogP contribution in [0.1, 0.15) is 44.2 Å². The molecule has 1 unspecified atom stereocenters. The summed E-state index contributed by atoms with van der Waals surface area (Å²) in [7, 11) is 0. The van der Waals surface area contributed by atoms with Gasteiger partial charge in [0, 0.05) is 5.92 Å². The Morgan fingerprint density at radius 3 is 2.67 bits per heavy atom. The fourth-order valence-corrected chi connectivity index (χ4v) is 2.89. The first-order valence-corrected chi connectivity index (χ1v) is 8.57. The van der Waals surface area contributed by atoms with Crippen molar-refractivity contribution in [2.24, 2.45) is 11.8 Å². The van der Waals surface area contributed by atoms with E-state index in [1.165, 1.54) is 18.9 Å². The highest BCUT2D eigenvalue weighted by molar-refractivity contribution is 5.85. The predicted molar refractivity (Wildman–Crippen MR) is 94.0 cm³/mol. The van der Waals surface area contributed by atoms with Crippen LogP contribution in [0.2, 0.25) is 0 Å². The Hall–Kier alpha value is -1.33. The normalized spacial score (nSPS) is 19.2. The van der Waals surface area contributed by atoms with E-state index < -0.39 is 0 Å². The number of carbonyl (C=O) groups is 1. The molecule has 2 aliphatic rings. The van der Waals surface area contributed by atoms with Gasteiger partial charge in [-0.05, 0) is 69.3 Å². The van der Waals surface area contributed by atoms with Crippen LogP contribution in [0.15, 0.2) is 18.2 Å². The SMILES string of the molecule is CC(NC(=O)C1CCNCC1)c1ccc(OCC2CC2)c(F)c1.Cl. The van der Waals surface area contributed by atoms with Gasteiger partial charge in [-0.15, -0.1) is 12.4 Å². The van der Waals surface area contributed by atoms with E-state index in [0.29, 0.717) is 18.3 Å². The summed E-state index contributed by atoms with van der Waals surface area (Å²) in [6.45, 7) is 4.25. The summed E-state index contributed by atoms with van der Waals surface area (Å²) < 4.78 is 19.6. The van der Waals surface area contributed by atoms with Crippen molar-refractivity contribution in [2.45, 2.75) is 38.6 Å². The van der Waals surface area contributed by atoms with E-state index in [0.717, 1.165) is 31.5 Å². The van der Waals surface area contributed by atoms with E-state index in [9.17, 15) is 9.18 Å². The quantitative estimate of drug-likeness (QED) is 0.822. The van der Waals surface area contributed by atoms with E-state index in [1.807, 2.05) is 13.0 Å². The monoisotopic (exact) mass is 356 g/mol. The molecule has 1 saturated carbocycles. The van der Waals surface area contributed by atoms with Gasteiger partial charge in [0.2, 0.25) is 5.91 Å². The van der Waals surface area contributed by atoms with E-state index in [-0.39, 0.29) is 36.1 Å². The van der Waals surface area contributed by atoms with Crippen LogP contribution in [0.4, 0.5) is 4.39 Å². The van der Waals surface area contributed by atoms with E-state index in [1.54, 1.807) is 6.07 Å². The second-order valence-electron chi connectivity index (χ2n) is 6.70. The van der Waals surface area contributed by atoms with Crippen LogP contribution in [-0.2, 0) is 4.79 Å². The molecule has 1 aliphatic carbocycles. The molecule has 3 rings (SSSR count). The minimum absolute atomic E-state index is 0. The zero-order chi connectivity index (χ0) is 16.2. The average molecular weight is 357 g/mol. The number of ether oxygens (including phenoxy) is 1. The van der Waals surface area contributed by atoms with Crippen molar-refractivity contribution < 1.29 is 13.9 Å². The highest BCUT2D eigenvalue weighted by Gasteiger charge is 2.24. The highest BCUT2D eigenvalue weighted by Crippen LogP contribution is 2.30. The fraction of sp³-hybridized carbons (Fsp3) is 0.611. The number of hydrogen-bond acceptors (Lipinski definition) is 3. The van der Waals surface area contributed by atoms with E-state index in [4.69, 9.17) is 4.74 Å². The van der Waals surface area contributed by atoms with Gasteiger partial charge in [-0.1, -0.05) is 6.07 Å². The van der Waals surface area contributed by atoms with Crippen molar-refractivity contribution >= 4 is 18.3 Å². The maximum Gasteiger partial charge on any atom is 0.223 e. The van der Waals surface area contributed by atoms with Crippen LogP contribution < -0.4 is 15.4 Å². The van der Waals surface area contributed by atoms with Gasteiger partial charge in [-0.2, -0.15) is 0 Å². The maximum absolute atomic E-state index is 14.1. The molecule has 2 N–H and O–H groups in total. The molecule has 0 bridgehead atoms. The largest absolute Gasteiger partial charge is 0.490 e. The molecule has 1 heterocycles. The van der Waals surface area contributed by atoms with Crippen molar-refractivity contribution in [1.29, 1.82) is 0 Å². The Kier molecular flexibility index (Phi) is 6.87. The van der Waals surface area contributed by atoms with Crippen molar-refractivity contribution in [3.8, 4) is 5.75 Å². The third-order valence-electron chi connectivity index (χ3n) is 4.70. The van der Waals surface area contributed by atoms with Crippen LogP contribution in [-0.4, -0.2) is 25.6 Å². The first-order valence-electron chi connectivity index (χ1n) is 8.57. The summed E-state index contributed by atoms with van der Waals surface area (Å²) in [6, 6.07) is 4.76. The third kappa shape index (κ3) is 5.08. The number of rotatable bonds is 6. The molecular formula is C18H26ClFN2O2. The lowest BCUT2D eigenvalue weighted by Crippen LogP contribution is -2.39. The molecule has 1 atom stereocenters. The molecule has 1 aliphatic heterocycles. The zero-order valence-electron chi connectivity index (χ0n) is 14.0. The Morgan fingerprint density at radius 2 is 2.04 bits per heavy atom. The van der Waals surface area contributed by atoms with Gasteiger partial charge in [0.15, 0.2) is 11.6 Å². The second kappa shape index (κ2) is 8.67. The van der Waals surface area contributed by atoms with Crippen molar-refractivity contribution in [2.75, 3.05) is 19.7 Å². The van der Waals surface area contributed by atoms with Crippen molar-refractivity contribution in [1.82, 2.24) is 10.6 Å². The van der Waals surface area contributed by atoms with Crippen molar-refractivity contribution in [3.05, 3.63) is 29.6 Å². The number of nitrogens with one attached hydrogen (secondary N) is 2. The van der Waals surface area contributed by atoms with E-state index in [2.05, 4.69) is 10.6 Å². The van der Waals surface area contributed by atoms with Gasteiger partial charge in [0.1, 0.15) is 0 Å². The number of amides is 1. The molecule has 6 heteroatoms. The minimum Gasteiger partial charge on any atom is -0.490 e. The Balaban J connectivity index is 0.00000208. The Bertz CT molecular complexity index is 560. The fourth-order valence-electron chi connectivity index (χ4n) is 2.89. The Labute approximate surface area is 148 Å². The first kappa shape index (κ1) is 19.0. The number of halogens is 2. The van der Waals surface area contributed by atoms with Crippen LogP contribution in [0, 0.1) is 17.7 Å². The van der Waals surface area contributed by atoms with Gasteiger partial charge in [0.25, 0.3) is 0 Å². The number of hydrogen-bond donors (Lipinski definition) is 2. The summed E-state index contributed by atoms with van der Waals surface area (Å²) in [5.74, 6) is 0.666. The van der Waals surface area contributed by atoms with Gasteiger partial charge >= 0.3 is 0 Å². The summed E-state index contributed by atoms with van der Waals surface area (Å²) >= 11 is 0. The first-order chi connectivity index (χ1) is 11.1. The molecule has 1 saturated heterocycles. The van der Waals surface area contributed by atoms with Crippen LogP contribution in [0.5, 0.6) is 5.75 Å². The molecule has 0 aromatic heterocycles. The highest BCUT2D eigenvalue weighted by atomic mass is 35.5. The molecule has 4 nitrogen and oxygen atoms in total. The molecule has 1 aromatic carbocycles. The van der Waals surface area contributed by atoms with Crippen LogP contribution in [0.25, 0.3) is 0 Å². The number of carbonyl (C=O) groups excluding carboxylic acids is 1. The summed E-state index contributed by atoms with van der Waals surface area (Å²) in [6.07, 6.45) is 4.08. The average Bonchev–Trinajstić information content (AvgIpc) is 3.38. The molecule has 1 aromatic rings. The van der Waals surface area contributed by atoms with Crippen LogP contribution in [0.3, 0.4) is 0 Å². The molecule has 1 amide bonds. The molecule has 24 heavy (non-hydrogen) atoms. The van der Waals surface area contributed by atoms with Crippen molar-refractivity contribution in [3.63, 3.8) is 0 Å². The standard InChI is InChI=1S/C18H25FN2O2.ClH/c1-12(21-18(22)14-6-8-20-9-7-14)15-4-5-17(16(19)10-15)23-11-13-2-3-13;/h4-5,10,12-14,20H,2-3,6-9,11H2,1H3,(H,21,22);1H. The number of piperidine rings is 1. The van der Waals surface area contributed by atoms with Gasteiger partial charge in [0.05, 0.1) is 12.6 Å².